The van der Waals surface area contributed by atoms with Gasteiger partial charge < -0.3 is 19.3 Å². The lowest BCUT2D eigenvalue weighted by molar-refractivity contribution is -0.146. The minimum atomic E-state index is -0.762. The van der Waals surface area contributed by atoms with Crippen LogP contribution in [0.15, 0.2) is 0 Å². The third-order valence-corrected chi connectivity index (χ3v) is 2.70. The van der Waals surface area contributed by atoms with Crippen molar-refractivity contribution in [2.45, 2.75) is 27.2 Å². The van der Waals surface area contributed by atoms with Gasteiger partial charge >= 0.3 is 5.97 Å². The highest BCUT2D eigenvalue weighted by atomic mass is 16.5. The molecule has 1 atom stereocenters. The number of carbonyl (C=O) groups is 1. The molecule has 0 saturated heterocycles. The van der Waals surface area contributed by atoms with E-state index in [0.29, 0.717) is 39.5 Å². The van der Waals surface area contributed by atoms with Gasteiger partial charge in [-0.15, -0.1) is 0 Å². The van der Waals surface area contributed by atoms with Crippen molar-refractivity contribution >= 4 is 5.97 Å². The van der Waals surface area contributed by atoms with Gasteiger partial charge in [0.25, 0.3) is 0 Å². The molecule has 0 aliphatic rings. The minimum absolute atomic E-state index is 0.246. The zero-order valence-electron chi connectivity index (χ0n) is 11.9. The summed E-state index contributed by atoms with van der Waals surface area (Å²) in [6.07, 6.45) is 0.525. The monoisotopic (exact) mass is 262 g/mol. The summed E-state index contributed by atoms with van der Waals surface area (Å²) in [5.74, 6) is -1.14. The topological polar surface area (TPSA) is 65.0 Å². The van der Waals surface area contributed by atoms with Crippen molar-refractivity contribution in [2.24, 2.45) is 11.3 Å². The molecule has 0 bridgehead atoms. The summed E-state index contributed by atoms with van der Waals surface area (Å²) < 4.78 is 15.4. The molecule has 0 aliphatic carbocycles. The molecule has 0 saturated carbocycles. The van der Waals surface area contributed by atoms with Crippen LogP contribution in [0.3, 0.4) is 0 Å². The molecule has 0 spiro atoms. The van der Waals surface area contributed by atoms with Gasteiger partial charge in [0.1, 0.15) is 0 Å². The quantitative estimate of drug-likeness (QED) is 0.608. The van der Waals surface area contributed by atoms with E-state index in [4.69, 9.17) is 19.3 Å². The van der Waals surface area contributed by atoms with E-state index in [0.717, 1.165) is 0 Å². The van der Waals surface area contributed by atoms with Crippen LogP contribution >= 0.6 is 0 Å². The zero-order valence-corrected chi connectivity index (χ0v) is 11.9. The van der Waals surface area contributed by atoms with E-state index >= 15 is 0 Å². The summed E-state index contributed by atoms with van der Waals surface area (Å²) in [5, 5.41) is 9.11. The maximum atomic E-state index is 11.1. The second kappa shape index (κ2) is 9.30. The van der Waals surface area contributed by atoms with Crippen LogP contribution < -0.4 is 0 Å². The lowest BCUT2D eigenvalue weighted by Crippen LogP contribution is -2.29. The number of carboxylic acid groups (broad SMARTS) is 1. The first-order chi connectivity index (χ1) is 8.39. The van der Waals surface area contributed by atoms with Crippen molar-refractivity contribution in [3.05, 3.63) is 0 Å². The fraction of sp³-hybridized carbons (Fsp3) is 0.923. The molecular weight excluding hydrogens is 236 g/mol. The molecule has 0 aliphatic heterocycles. The van der Waals surface area contributed by atoms with Crippen molar-refractivity contribution < 1.29 is 24.1 Å². The molecule has 0 heterocycles. The third kappa shape index (κ3) is 8.44. The molecule has 1 unspecified atom stereocenters. The van der Waals surface area contributed by atoms with Crippen LogP contribution in [-0.4, -0.2) is 51.2 Å². The summed E-state index contributed by atoms with van der Waals surface area (Å²) in [4.78, 5) is 11.1. The van der Waals surface area contributed by atoms with E-state index in [1.54, 1.807) is 7.11 Å². The maximum Gasteiger partial charge on any atom is 0.307 e. The van der Waals surface area contributed by atoms with Gasteiger partial charge in [0.2, 0.25) is 0 Å². The standard InChI is InChI=1S/C13H26O5/c1-13(2,3)11(12(14)15)5-6-17-9-10-18-8-7-16-4/h11H,5-10H2,1-4H3,(H,14,15). The molecule has 5 nitrogen and oxygen atoms in total. The summed E-state index contributed by atoms with van der Waals surface area (Å²) in [5.41, 5.74) is -0.246. The van der Waals surface area contributed by atoms with Crippen LogP contribution in [0.25, 0.3) is 0 Å². The molecule has 5 heteroatoms. The van der Waals surface area contributed by atoms with Crippen molar-refractivity contribution in [3.8, 4) is 0 Å². The van der Waals surface area contributed by atoms with Gasteiger partial charge in [-0.25, -0.2) is 0 Å². The Morgan fingerprint density at radius 3 is 2.00 bits per heavy atom. The Balaban J connectivity index is 3.60. The fourth-order valence-corrected chi connectivity index (χ4v) is 1.59. The molecule has 0 radical (unpaired) electrons. The Morgan fingerprint density at radius 1 is 1.06 bits per heavy atom. The lowest BCUT2D eigenvalue weighted by Gasteiger charge is -2.26. The summed E-state index contributed by atoms with van der Waals surface area (Å²) >= 11 is 0. The van der Waals surface area contributed by atoms with Gasteiger partial charge in [-0.1, -0.05) is 20.8 Å². The van der Waals surface area contributed by atoms with Gasteiger partial charge in [-0.2, -0.15) is 0 Å². The van der Waals surface area contributed by atoms with E-state index in [9.17, 15) is 4.79 Å². The highest BCUT2D eigenvalue weighted by Gasteiger charge is 2.30. The number of hydrogen-bond acceptors (Lipinski definition) is 4. The van der Waals surface area contributed by atoms with E-state index in [-0.39, 0.29) is 11.3 Å². The Morgan fingerprint density at radius 2 is 1.56 bits per heavy atom. The van der Waals surface area contributed by atoms with Gasteiger partial charge in [0.15, 0.2) is 0 Å². The zero-order chi connectivity index (χ0) is 14.0. The number of rotatable bonds is 10. The first-order valence-corrected chi connectivity index (χ1v) is 6.26. The van der Waals surface area contributed by atoms with E-state index in [1.807, 2.05) is 20.8 Å². The molecule has 0 aromatic heterocycles. The van der Waals surface area contributed by atoms with Crippen LogP contribution in [0.1, 0.15) is 27.2 Å². The van der Waals surface area contributed by atoms with Crippen molar-refractivity contribution in [1.82, 2.24) is 0 Å². The molecular formula is C13H26O5. The average molecular weight is 262 g/mol. The Labute approximate surface area is 109 Å². The molecule has 0 rings (SSSR count). The van der Waals surface area contributed by atoms with E-state index in [2.05, 4.69) is 0 Å². The van der Waals surface area contributed by atoms with Crippen LogP contribution in [0.2, 0.25) is 0 Å². The normalized spacial score (nSPS) is 13.6. The number of aliphatic carboxylic acids is 1. The SMILES string of the molecule is COCCOCCOCCC(C(=O)O)C(C)(C)C. The van der Waals surface area contributed by atoms with Crippen molar-refractivity contribution in [2.75, 3.05) is 40.1 Å². The number of hydrogen-bond donors (Lipinski definition) is 1. The van der Waals surface area contributed by atoms with Crippen molar-refractivity contribution in [3.63, 3.8) is 0 Å². The first kappa shape index (κ1) is 17.4. The van der Waals surface area contributed by atoms with Crippen molar-refractivity contribution in [1.29, 1.82) is 0 Å². The summed E-state index contributed by atoms with van der Waals surface area (Å²) in [6.45, 7) is 8.36. The highest BCUT2D eigenvalue weighted by Crippen LogP contribution is 2.28. The van der Waals surface area contributed by atoms with Gasteiger partial charge in [0, 0.05) is 13.7 Å². The van der Waals surface area contributed by atoms with Gasteiger partial charge in [-0.05, 0) is 11.8 Å². The smallest absolute Gasteiger partial charge is 0.307 e. The Hall–Kier alpha value is -0.650. The summed E-state index contributed by atoms with van der Waals surface area (Å²) in [7, 11) is 1.62. The number of methoxy groups -OCH3 is 1. The molecule has 108 valence electrons. The fourth-order valence-electron chi connectivity index (χ4n) is 1.59. The Kier molecular flexibility index (Phi) is 8.97. The molecule has 18 heavy (non-hydrogen) atoms. The van der Waals surface area contributed by atoms with Crippen LogP contribution in [0.5, 0.6) is 0 Å². The predicted molar refractivity (Wildman–Crippen MR) is 68.7 cm³/mol. The summed E-state index contributed by atoms with van der Waals surface area (Å²) in [6, 6.07) is 0. The molecule has 0 aromatic rings. The maximum absolute atomic E-state index is 11.1. The van der Waals surface area contributed by atoms with Crippen LogP contribution in [0, 0.1) is 11.3 Å². The third-order valence-electron chi connectivity index (χ3n) is 2.70. The van der Waals surface area contributed by atoms with Gasteiger partial charge in [0.05, 0.1) is 32.3 Å². The molecule has 0 aromatic carbocycles. The van der Waals surface area contributed by atoms with Crippen LogP contribution in [-0.2, 0) is 19.0 Å². The number of carboxylic acids is 1. The second-order valence-corrected chi connectivity index (χ2v) is 5.26. The molecule has 1 N–H and O–H groups in total. The molecule has 0 amide bonds. The number of ether oxygens (including phenoxy) is 3. The average Bonchev–Trinajstić information content (AvgIpc) is 2.24. The minimum Gasteiger partial charge on any atom is -0.481 e. The predicted octanol–water partition coefficient (Wildman–Crippen LogP) is 1.80. The van der Waals surface area contributed by atoms with E-state index in [1.165, 1.54) is 0 Å². The Bertz CT molecular complexity index is 222. The molecule has 0 fully saturated rings. The highest BCUT2D eigenvalue weighted by molar-refractivity contribution is 5.70. The first-order valence-electron chi connectivity index (χ1n) is 6.26. The van der Waals surface area contributed by atoms with Crippen LogP contribution in [0.4, 0.5) is 0 Å². The largest absolute Gasteiger partial charge is 0.481 e. The van der Waals surface area contributed by atoms with E-state index < -0.39 is 5.97 Å². The van der Waals surface area contributed by atoms with Gasteiger partial charge in [-0.3, -0.25) is 4.79 Å². The second-order valence-electron chi connectivity index (χ2n) is 5.26. The lowest BCUT2D eigenvalue weighted by atomic mass is 9.79.